The van der Waals surface area contributed by atoms with Gasteiger partial charge >= 0.3 is 0 Å². The van der Waals surface area contributed by atoms with Crippen molar-refractivity contribution in [1.82, 2.24) is 15.5 Å². The van der Waals surface area contributed by atoms with Gasteiger partial charge in [0.25, 0.3) is 0 Å². The van der Waals surface area contributed by atoms with Gasteiger partial charge in [-0.2, -0.15) is 0 Å². The summed E-state index contributed by atoms with van der Waals surface area (Å²) in [4.78, 5) is 6.62. The highest BCUT2D eigenvalue weighted by molar-refractivity contribution is 14.0. The molecule has 1 aromatic rings. The van der Waals surface area contributed by atoms with E-state index in [1.807, 2.05) is 12.1 Å². The molecule has 1 atom stereocenters. The number of terminal acetylenes is 1. The highest BCUT2D eigenvalue weighted by Gasteiger charge is 2.22. The largest absolute Gasteiger partial charge is 0.497 e. The molecule has 1 saturated heterocycles. The Morgan fingerprint density at radius 3 is 2.56 bits per heavy atom. The van der Waals surface area contributed by atoms with Gasteiger partial charge < -0.3 is 20.1 Å². The molecule has 1 unspecified atom stereocenters. The molecule has 25 heavy (non-hydrogen) atoms. The first-order valence-corrected chi connectivity index (χ1v) is 8.12. The Hall–Kier alpha value is -1.50. The molecule has 2 N–H and O–H groups in total. The maximum Gasteiger partial charge on any atom is 0.191 e. The molecule has 2 rings (SSSR count). The van der Waals surface area contributed by atoms with Crippen LogP contribution in [0.2, 0.25) is 0 Å². The van der Waals surface area contributed by atoms with Crippen LogP contribution in [-0.4, -0.2) is 64.4 Å². The van der Waals surface area contributed by atoms with E-state index < -0.39 is 0 Å². The van der Waals surface area contributed by atoms with E-state index in [-0.39, 0.29) is 30.0 Å². The second kappa shape index (κ2) is 12.0. The molecule has 0 bridgehead atoms. The van der Waals surface area contributed by atoms with Crippen LogP contribution in [-0.2, 0) is 4.74 Å². The minimum Gasteiger partial charge on any atom is -0.497 e. The number of ether oxygens (including phenoxy) is 2. The number of guanidine groups is 1. The molecule has 0 amide bonds. The lowest BCUT2D eigenvalue weighted by Gasteiger charge is -2.35. The molecule has 0 aliphatic carbocycles. The highest BCUT2D eigenvalue weighted by Crippen LogP contribution is 2.23. The number of rotatable bonds is 6. The summed E-state index contributed by atoms with van der Waals surface area (Å²) in [6.45, 7) is 4.53. The Labute approximate surface area is 167 Å². The Balaban J connectivity index is 0.00000312. The summed E-state index contributed by atoms with van der Waals surface area (Å²) >= 11 is 0. The monoisotopic (exact) mass is 458 g/mol. The summed E-state index contributed by atoms with van der Waals surface area (Å²) in [6.07, 6.45) is 5.29. The van der Waals surface area contributed by atoms with Gasteiger partial charge in [0.05, 0.1) is 32.9 Å². The Morgan fingerprint density at radius 1 is 1.32 bits per heavy atom. The Morgan fingerprint density at radius 2 is 2.00 bits per heavy atom. The van der Waals surface area contributed by atoms with Crippen molar-refractivity contribution in [2.24, 2.45) is 4.99 Å². The standard InChI is InChI=1S/C18H26N4O2.HI/c1-4-9-20-18(19-2)21-14-17(22-10-12-24-13-11-22)15-5-7-16(23-3)8-6-15;/h1,5-8,17H,9-14H2,2-3H3,(H2,19,20,21);1H. The van der Waals surface area contributed by atoms with Gasteiger partial charge in [0.1, 0.15) is 5.75 Å². The van der Waals surface area contributed by atoms with Crippen molar-refractivity contribution >= 4 is 29.9 Å². The van der Waals surface area contributed by atoms with Gasteiger partial charge in [0.15, 0.2) is 5.96 Å². The molecule has 138 valence electrons. The fourth-order valence-corrected chi connectivity index (χ4v) is 2.72. The third-order valence-corrected chi connectivity index (χ3v) is 4.03. The third kappa shape index (κ3) is 6.72. The number of aliphatic imine (C=N–C) groups is 1. The number of nitrogens with one attached hydrogen (secondary N) is 2. The predicted octanol–water partition coefficient (Wildman–Crippen LogP) is 1.48. The van der Waals surface area contributed by atoms with Crippen LogP contribution in [0.4, 0.5) is 0 Å². The van der Waals surface area contributed by atoms with E-state index in [2.05, 4.69) is 38.6 Å². The molecule has 0 saturated carbocycles. The lowest BCUT2D eigenvalue weighted by molar-refractivity contribution is 0.0170. The van der Waals surface area contributed by atoms with Crippen molar-refractivity contribution in [2.75, 3.05) is 53.6 Å². The molecular weight excluding hydrogens is 431 g/mol. The molecular formula is C18H27IN4O2. The van der Waals surface area contributed by atoms with Crippen molar-refractivity contribution in [3.8, 4) is 18.1 Å². The first-order chi connectivity index (χ1) is 11.8. The summed E-state index contributed by atoms with van der Waals surface area (Å²) < 4.78 is 10.7. The number of benzene rings is 1. The van der Waals surface area contributed by atoms with E-state index in [4.69, 9.17) is 15.9 Å². The first-order valence-electron chi connectivity index (χ1n) is 8.12. The van der Waals surface area contributed by atoms with E-state index in [1.54, 1.807) is 14.2 Å². The normalized spacial score (nSPS) is 16.3. The summed E-state index contributed by atoms with van der Waals surface area (Å²) in [6, 6.07) is 8.43. The number of methoxy groups -OCH3 is 1. The average Bonchev–Trinajstić information content (AvgIpc) is 2.65. The van der Waals surface area contributed by atoms with Crippen molar-refractivity contribution in [3.63, 3.8) is 0 Å². The van der Waals surface area contributed by atoms with Gasteiger partial charge in [-0.25, -0.2) is 0 Å². The van der Waals surface area contributed by atoms with E-state index in [1.165, 1.54) is 5.56 Å². The molecule has 0 aromatic heterocycles. The molecule has 0 radical (unpaired) electrons. The van der Waals surface area contributed by atoms with Crippen LogP contribution in [0.3, 0.4) is 0 Å². The summed E-state index contributed by atoms with van der Waals surface area (Å²) in [7, 11) is 3.42. The van der Waals surface area contributed by atoms with Crippen LogP contribution in [0.25, 0.3) is 0 Å². The highest BCUT2D eigenvalue weighted by atomic mass is 127. The first kappa shape index (κ1) is 21.5. The van der Waals surface area contributed by atoms with E-state index in [0.29, 0.717) is 12.5 Å². The van der Waals surface area contributed by atoms with E-state index >= 15 is 0 Å². The average molecular weight is 458 g/mol. The maximum atomic E-state index is 5.48. The molecule has 7 heteroatoms. The number of halogens is 1. The summed E-state index contributed by atoms with van der Waals surface area (Å²) in [5.74, 6) is 4.12. The SMILES string of the molecule is C#CCNC(=NC)NCC(c1ccc(OC)cc1)N1CCOCC1.I. The zero-order chi connectivity index (χ0) is 17.2. The van der Waals surface area contributed by atoms with Gasteiger partial charge in [-0.15, -0.1) is 30.4 Å². The molecule has 1 aliphatic rings. The minimum absolute atomic E-state index is 0. The molecule has 1 heterocycles. The lowest BCUT2D eigenvalue weighted by Crippen LogP contribution is -2.46. The predicted molar refractivity (Wildman–Crippen MR) is 112 cm³/mol. The van der Waals surface area contributed by atoms with Gasteiger partial charge in [0.2, 0.25) is 0 Å². The second-order valence-corrected chi connectivity index (χ2v) is 5.45. The van der Waals surface area contributed by atoms with Gasteiger partial charge in [-0.05, 0) is 17.7 Å². The van der Waals surface area contributed by atoms with Gasteiger partial charge in [-0.3, -0.25) is 9.89 Å². The minimum atomic E-state index is 0. The van der Waals surface area contributed by atoms with Crippen molar-refractivity contribution in [3.05, 3.63) is 29.8 Å². The molecule has 1 aliphatic heterocycles. The van der Waals surface area contributed by atoms with E-state index in [0.717, 1.165) is 38.6 Å². The summed E-state index contributed by atoms with van der Waals surface area (Å²) in [5, 5.41) is 6.44. The van der Waals surface area contributed by atoms with Crippen LogP contribution in [0.1, 0.15) is 11.6 Å². The Kier molecular flexibility index (Phi) is 10.3. The van der Waals surface area contributed by atoms with Gasteiger partial charge in [-0.1, -0.05) is 18.1 Å². The van der Waals surface area contributed by atoms with Crippen LogP contribution >= 0.6 is 24.0 Å². The number of morpholine rings is 1. The zero-order valence-electron chi connectivity index (χ0n) is 14.8. The summed E-state index contributed by atoms with van der Waals surface area (Å²) in [5.41, 5.74) is 1.23. The number of hydrogen-bond acceptors (Lipinski definition) is 4. The third-order valence-electron chi connectivity index (χ3n) is 4.03. The van der Waals surface area contributed by atoms with Gasteiger partial charge in [0, 0.05) is 26.7 Å². The topological polar surface area (TPSA) is 58.1 Å². The molecule has 0 spiro atoms. The van der Waals surface area contributed by atoms with Crippen LogP contribution < -0.4 is 15.4 Å². The van der Waals surface area contributed by atoms with Crippen molar-refractivity contribution < 1.29 is 9.47 Å². The van der Waals surface area contributed by atoms with Crippen molar-refractivity contribution in [1.29, 1.82) is 0 Å². The molecule has 6 nitrogen and oxygen atoms in total. The molecule has 1 fully saturated rings. The molecule has 1 aromatic carbocycles. The van der Waals surface area contributed by atoms with Crippen LogP contribution in [0.5, 0.6) is 5.75 Å². The quantitative estimate of drug-likeness (QED) is 0.293. The van der Waals surface area contributed by atoms with Crippen LogP contribution in [0, 0.1) is 12.3 Å². The second-order valence-electron chi connectivity index (χ2n) is 5.45. The smallest absolute Gasteiger partial charge is 0.191 e. The fraction of sp³-hybridized carbons (Fsp3) is 0.500. The Bertz CT molecular complexity index is 565. The van der Waals surface area contributed by atoms with Crippen LogP contribution in [0.15, 0.2) is 29.3 Å². The zero-order valence-corrected chi connectivity index (χ0v) is 17.2. The lowest BCUT2D eigenvalue weighted by atomic mass is 10.0. The number of nitrogens with zero attached hydrogens (tertiary/aromatic N) is 2. The van der Waals surface area contributed by atoms with Crippen molar-refractivity contribution in [2.45, 2.75) is 6.04 Å². The number of hydrogen-bond donors (Lipinski definition) is 2. The van der Waals surface area contributed by atoms with E-state index in [9.17, 15) is 0 Å². The fourth-order valence-electron chi connectivity index (χ4n) is 2.72. The maximum absolute atomic E-state index is 5.48.